The third-order valence-corrected chi connectivity index (χ3v) is 5.79. The van der Waals surface area contributed by atoms with Crippen LogP contribution < -0.4 is 10.6 Å². The Labute approximate surface area is 122 Å². The smallest absolute Gasteiger partial charge is 0.131 e. The van der Waals surface area contributed by atoms with Gasteiger partial charge in [-0.2, -0.15) is 0 Å². The maximum atomic E-state index is 14.2. The molecule has 2 heteroatoms. The van der Waals surface area contributed by atoms with Gasteiger partial charge >= 0.3 is 0 Å². The van der Waals surface area contributed by atoms with Crippen molar-refractivity contribution in [1.29, 1.82) is 0 Å². The molecule has 2 aromatic rings. The van der Waals surface area contributed by atoms with Crippen LogP contribution in [0.25, 0.3) is 0 Å². The minimum absolute atomic E-state index is 0.115. The fraction of sp³-hybridized carbons (Fsp3) is 0.222. The van der Waals surface area contributed by atoms with Crippen LogP contribution in [0.1, 0.15) is 20.8 Å². The van der Waals surface area contributed by atoms with E-state index in [1.54, 1.807) is 12.1 Å². The lowest BCUT2D eigenvalue weighted by Crippen LogP contribution is -2.14. The maximum absolute atomic E-state index is 14.2. The highest BCUT2D eigenvalue weighted by molar-refractivity contribution is 7.75. The normalized spacial score (nSPS) is 13.6. The first-order valence-electron chi connectivity index (χ1n) is 6.86. The molecule has 0 aliphatic rings. The van der Waals surface area contributed by atoms with Crippen LogP contribution >= 0.6 is 7.92 Å². The predicted molar refractivity (Wildman–Crippen MR) is 87.6 cm³/mol. The molecule has 0 aromatic heterocycles. The van der Waals surface area contributed by atoms with E-state index in [2.05, 4.69) is 38.7 Å². The van der Waals surface area contributed by atoms with Crippen molar-refractivity contribution >= 4 is 18.5 Å². The summed E-state index contributed by atoms with van der Waals surface area (Å²) in [6.45, 7) is 6.47. The Kier molecular flexibility index (Phi) is 5.09. The Balaban J connectivity index is 2.51. The Morgan fingerprint density at radius 1 is 1.00 bits per heavy atom. The minimum atomic E-state index is -0.781. The summed E-state index contributed by atoms with van der Waals surface area (Å²) in [4.78, 5) is 0. The van der Waals surface area contributed by atoms with Crippen LogP contribution in [0.4, 0.5) is 4.39 Å². The SMILES string of the molecule is C/C(=C\P(c1ccccc1)c1ccccc1F)C(C)C. The highest BCUT2D eigenvalue weighted by atomic mass is 31.1. The van der Waals surface area contributed by atoms with Crippen molar-refractivity contribution in [2.45, 2.75) is 20.8 Å². The molecule has 0 spiro atoms. The molecule has 104 valence electrons. The first-order chi connectivity index (χ1) is 9.59. The average molecular weight is 286 g/mol. The highest BCUT2D eigenvalue weighted by Crippen LogP contribution is 2.38. The molecule has 0 saturated heterocycles. The maximum Gasteiger partial charge on any atom is 0.131 e. The molecule has 2 rings (SSSR count). The van der Waals surface area contributed by atoms with Gasteiger partial charge in [-0.05, 0) is 32.1 Å². The Morgan fingerprint density at radius 2 is 1.60 bits per heavy atom. The summed E-state index contributed by atoms with van der Waals surface area (Å²) in [6, 6.07) is 17.3. The molecular weight excluding hydrogens is 266 g/mol. The van der Waals surface area contributed by atoms with Crippen molar-refractivity contribution in [3.63, 3.8) is 0 Å². The van der Waals surface area contributed by atoms with E-state index in [-0.39, 0.29) is 5.82 Å². The molecule has 0 saturated carbocycles. The summed E-state index contributed by atoms with van der Waals surface area (Å²) in [5.74, 6) is 2.61. The summed E-state index contributed by atoms with van der Waals surface area (Å²) in [6.07, 6.45) is 0. The zero-order valence-electron chi connectivity index (χ0n) is 12.2. The molecule has 1 atom stereocenters. The monoisotopic (exact) mass is 286 g/mol. The van der Waals surface area contributed by atoms with Crippen molar-refractivity contribution in [2.75, 3.05) is 0 Å². The summed E-state index contributed by atoms with van der Waals surface area (Å²) in [5.41, 5.74) is 1.31. The van der Waals surface area contributed by atoms with Gasteiger partial charge in [0.15, 0.2) is 0 Å². The van der Waals surface area contributed by atoms with E-state index in [0.29, 0.717) is 5.92 Å². The molecule has 1 unspecified atom stereocenters. The van der Waals surface area contributed by atoms with Gasteiger partial charge in [0, 0.05) is 5.30 Å². The van der Waals surface area contributed by atoms with E-state index >= 15 is 0 Å². The van der Waals surface area contributed by atoms with Crippen molar-refractivity contribution in [3.05, 3.63) is 71.8 Å². The van der Waals surface area contributed by atoms with Gasteiger partial charge in [0.2, 0.25) is 0 Å². The number of halogens is 1. The third kappa shape index (κ3) is 3.55. The Bertz CT molecular complexity index is 587. The average Bonchev–Trinajstić information content (AvgIpc) is 2.46. The summed E-state index contributed by atoms with van der Waals surface area (Å²) < 4.78 is 14.2. The van der Waals surface area contributed by atoms with E-state index in [1.165, 1.54) is 10.9 Å². The van der Waals surface area contributed by atoms with Gasteiger partial charge in [-0.25, -0.2) is 4.39 Å². The molecule has 20 heavy (non-hydrogen) atoms. The lowest BCUT2D eigenvalue weighted by Gasteiger charge is -2.18. The van der Waals surface area contributed by atoms with Gasteiger partial charge in [-0.15, -0.1) is 0 Å². The molecule has 0 aliphatic carbocycles. The summed E-state index contributed by atoms with van der Waals surface area (Å²) >= 11 is 0. The van der Waals surface area contributed by atoms with Crippen molar-refractivity contribution < 1.29 is 4.39 Å². The minimum Gasteiger partial charge on any atom is -0.206 e. The molecular formula is C18H20FP. The molecule has 0 fully saturated rings. The molecule has 2 aromatic carbocycles. The van der Waals surface area contributed by atoms with Crippen LogP contribution in [0.5, 0.6) is 0 Å². The van der Waals surface area contributed by atoms with Crippen LogP contribution in [-0.2, 0) is 0 Å². The second kappa shape index (κ2) is 6.81. The fourth-order valence-corrected chi connectivity index (χ4v) is 4.19. The molecule has 0 bridgehead atoms. The quantitative estimate of drug-likeness (QED) is 0.707. The number of rotatable bonds is 4. The largest absolute Gasteiger partial charge is 0.206 e. The van der Waals surface area contributed by atoms with Gasteiger partial charge in [0.1, 0.15) is 5.82 Å². The first kappa shape index (κ1) is 14.9. The second-order valence-corrected chi connectivity index (χ2v) is 7.18. The summed E-state index contributed by atoms with van der Waals surface area (Å²) in [7, 11) is -0.781. The first-order valence-corrected chi connectivity index (χ1v) is 8.28. The van der Waals surface area contributed by atoms with Gasteiger partial charge < -0.3 is 0 Å². The van der Waals surface area contributed by atoms with Crippen molar-refractivity contribution in [3.8, 4) is 0 Å². The molecule has 0 nitrogen and oxygen atoms in total. The van der Waals surface area contributed by atoms with E-state index in [1.807, 2.05) is 30.3 Å². The lowest BCUT2D eigenvalue weighted by molar-refractivity contribution is 0.636. The van der Waals surface area contributed by atoms with E-state index in [0.717, 1.165) is 5.30 Å². The zero-order valence-corrected chi connectivity index (χ0v) is 13.1. The number of allylic oxidation sites excluding steroid dienone is 1. The Morgan fingerprint density at radius 3 is 2.20 bits per heavy atom. The van der Waals surface area contributed by atoms with Crippen molar-refractivity contribution in [2.24, 2.45) is 5.92 Å². The predicted octanol–water partition coefficient (Wildman–Crippen LogP) is 4.82. The van der Waals surface area contributed by atoms with Crippen LogP contribution in [0, 0.1) is 11.7 Å². The molecule has 0 aliphatic heterocycles. The standard InChI is InChI=1S/C18H20FP/c1-14(2)15(3)13-20(16-9-5-4-6-10-16)18-12-8-7-11-17(18)19/h4-14H,1-3H3/b15-13+. The molecule has 0 heterocycles. The van der Waals surface area contributed by atoms with Crippen LogP contribution in [-0.4, -0.2) is 0 Å². The van der Waals surface area contributed by atoms with E-state index in [9.17, 15) is 4.39 Å². The number of benzene rings is 2. The van der Waals surface area contributed by atoms with Gasteiger partial charge in [-0.1, -0.05) is 73.8 Å². The van der Waals surface area contributed by atoms with E-state index < -0.39 is 7.92 Å². The van der Waals surface area contributed by atoms with Crippen molar-refractivity contribution in [1.82, 2.24) is 0 Å². The molecule has 0 amide bonds. The number of hydrogen-bond acceptors (Lipinski definition) is 0. The van der Waals surface area contributed by atoms with Gasteiger partial charge in [0.05, 0.1) is 0 Å². The third-order valence-electron chi connectivity index (χ3n) is 3.39. The molecule has 0 N–H and O–H groups in total. The molecule has 0 radical (unpaired) electrons. The van der Waals surface area contributed by atoms with E-state index in [4.69, 9.17) is 0 Å². The van der Waals surface area contributed by atoms with Crippen LogP contribution in [0.2, 0.25) is 0 Å². The highest BCUT2D eigenvalue weighted by Gasteiger charge is 2.15. The number of hydrogen-bond donors (Lipinski definition) is 0. The topological polar surface area (TPSA) is 0 Å². The second-order valence-electron chi connectivity index (χ2n) is 5.18. The Hall–Kier alpha value is -1.46. The lowest BCUT2D eigenvalue weighted by atomic mass is 10.1. The fourth-order valence-electron chi connectivity index (χ4n) is 1.87. The summed E-state index contributed by atoms with van der Waals surface area (Å²) in [5, 5.41) is 1.99. The van der Waals surface area contributed by atoms with Crippen LogP contribution in [0.15, 0.2) is 66.0 Å². The van der Waals surface area contributed by atoms with Gasteiger partial charge in [-0.3, -0.25) is 0 Å². The zero-order chi connectivity index (χ0) is 14.5. The van der Waals surface area contributed by atoms with Gasteiger partial charge in [0.25, 0.3) is 0 Å². The van der Waals surface area contributed by atoms with Crippen LogP contribution in [0.3, 0.4) is 0 Å².